The Morgan fingerprint density at radius 2 is 1.91 bits per heavy atom. The maximum absolute atomic E-state index is 12.9. The second-order valence-electron chi connectivity index (χ2n) is 6.49. The van der Waals surface area contributed by atoms with Crippen molar-refractivity contribution in [1.29, 1.82) is 5.26 Å². The first kappa shape index (κ1) is 21.8. The molecular formula is C23H16N4O2S3. The largest absolute Gasteiger partial charge is 0.325 e. The Hall–Kier alpha value is -3.45. The molecule has 4 aromatic rings. The quantitative estimate of drug-likeness (QED) is 0.332. The van der Waals surface area contributed by atoms with Crippen molar-refractivity contribution in [2.45, 2.75) is 4.90 Å². The number of hydrogen-bond donors (Lipinski definition) is 2. The standard InChI is InChI=1S/C23H16N4O2S3/c24-12-15-5-3-6-16(11-15)25-21(28)14-31-19-8-2-1-7-17(19)22(29)27-23-26-18(13-32-23)20-9-4-10-30-20/h1-11,13H,14H2,(H,25,28)(H,26,27,29). The highest BCUT2D eigenvalue weighted by atomic mass is 32.2. The predicted molar refractivity (Wildman–Crippen MR) is 130 cm³/mol. The van der Waals surface area contributed by atoms with Crippen molar-refractivity contribution in [2.24, 2.45) is 0 Å². The van der Waals surface area contributed by atoms with Gasteiger partial charge in [-0.3, -0.25) is 14.9 Å². The number of anilines is 2. The zero-order valence-corrected chi connectivity index (χ0v) is 19.0. The maximum Gasteiger partial charge on any atom is 0.258 e. The van der Waals surface area contributed by atoms with Crippen molar-refractivity contribution >= 4 is 57.1 Å². The summed E-state index contributed by atoms with van der Waals surface area (Å²) in [5.74, 6) is -0.371. The number of aromatic nitrogens is 1. The predicted octanol–water partition coefficient (Wildman–Crippen LogP) is 5.73. The van der Waals surface area contributed by atoms with E-state index in [4.69, 9.17) is 5.26 Å². The van der Waals surface area contributed by atoms with E-state index in [1.165, 1.54) is 23.1 Å². The van der Waals surface area contributed by atoms with Gasteiger partial charge in [-0.25, -0.2) is 4.98 Å². The molecule has 0 aliphatic heterocycles. The molecule has 2 aromatic carbocycles. The molecule has 0 aliphatic carbocycles. The number of amides is 2. The summed E-state index contributed by atoms with van der Waals surface area (Å²) < 4.78 is 0. The van der Waals surface area contributed by atoms with Crippen molar-refractivity contribution in [1.82, 2.24) is 4.98 Å². The molecule has 2 N–H and O–H groups in total. The molecule has 2 amide bonds. The van der Waals surface area contributed by atoms with Gasteiger partial charge in [0, 0.05) is 16.0 Å². The van der Waals surface area contributed by atoms with Gasteiger partial charge in [0.1, 0.15) is 0 Å². The normalized spacial score (nSPS) is 10.3. The second kappa shape index (κ2) is 10.2. The molecule has 0 fully saturated rings. The van der Waals surface area contributed by atoms with Gasteiger partial charge in [0.25, 0.3) is 5.91 Å². The Morgan fingerprint density at radius 3 is 2.72 bits per heavy atom. The first-order chi connectivity index (χ1) is 15.6. The number of thiazole rings is 1. The summed E-state index contributed by atoms with van der Waals surface area (Å²) in [7, 11) is 0. The SMILES string of the molecule is N#Cc1cccc(NC(=O)CSc2ccccc2C(=O)Nc2nc(-c3cccs3)cs2)c1. The molecular weight excluding hydrogens is 460 g/mol. The average Bonchev–Trinajstić information content (AvgIpc) is 3.50. The molecule has 0 saturated carbocycles. The molecule has 2 aromatic heterocycles. The summed E-state index contributed by atoms with van der Waals surface area (Å²) in [4.78, 5) is 31.4. The Morgan fingerprint density at radius 1 is 1.03 bits per heavy atom. The first-order valence-corrected chi connectivity index (χ1v) is 12.2. The van der Waals surface area contributed by atoms with Crippen molar-refractivity contribution in [3.05, 3.63) is 82.6 Å². The number of hydrogen-bond acceptors (Lipinski definition) is 7. The maximum atomic E-state index is 12.9. The molecule has 158 valence electrons. The number of nitrogens with zero attached hydrogens (tertiary/aromatic N) is 2. The topological polar surface area (TPSA) is 94.9 Å². The van der Waals surface area contributed by atoms with Crippen LogP contribution in [0.2, 0.25) is 0 Å². The number of thioether (sulfide) groups is 1. The molecule has 0 saturated heterocycles. The van der Waals surface area contributed by atoms with Crippen LogP contribution in [0, 0.1) is 11.3 Å². The van der Waals surface area contributed by atoms with E-state index in [-0.39, 0.29) is 17.6 Å². The van der Waals surface area contributed by atoms with E-state index < -0.39 is 0 Å². The van der Waals surface area contributed by atoms with E-state index in [1.807, 2.05) is 41.1 Å². The highest BCUT2D eigenvalue weighted by Gasteiger charge is 2.15. The minimum Gasteiger partial charge on any atom is -0.325 e. The molecule has 0 unspecified atom stereocenters. The summed E-state index contributed by atoms with van der Waals surface area (Å²) in [6.45, 7) is 0. The van der Waals surface area contributed by atoms with Gasteiger partial charge < -0.3 is 5.32 Å². The number of nitrogens with one attached hydrogen (secondary N) is 2. The van der Waals surface area contributed by atoms with E-state index >= 15 is 0 Å². The van der Waals surface area contributed by atoms with Crippen LogP contribution in [0.5, 0.6) is 0 Å². The van der Waals surface area contributed by atoms with Gasteiger partial charge in [0.05, 0.1) is 33.5 Å². The van der Waals surface area contributed by atoms with Crippen LogP contribution < -0.4 is 10.6 Å². The van der Waals surface area contributed by atoms with Crippen molar-refractivity contribution in [2.75, 3.05) is 16.4 Å². The number of rotatable bonds is 7. The van der Waals surface area contributed by atoms with Gasteiger partial charge in [-0.1, -0.05) is 24.3 Å². The lowest BCUT2D eigenvalue weighted by Gasteiger charge is -2.09. The Balaban J connectivity index is 1.39. The third kappa shape index (κ3) is 5.42. The zero-order valence-electron chi connectivity index (χ0n) is 16.6. The molecule has 32 heavy (non-hydrogen) atoms. The second-order valence-corrected chi connectivity index (χ2v) is 9.32. The smallest absolute Gasteiger partial charge is 0.258 e. The molecule has 0 aliphatic rings. The molecule has 0 spiro atoms. The third-order valence-electron chi connectivity index (χ3n) is 4.26. The van der Waals surface area contributed by atoms with Crippen LogP contribution in [0.4, 0.5) is 10.8 Å². The fraction of sp³-hybridized carbons (Fsp3) is 0.0435. The van der Waals surface area contributed by atoms with Gasteiger partial charge in [0.15, 0.2) is 5.13 Å². The van der Waals surface area contributed by atoms with Gasteiger partial charge in [-0.15, -0.1) is 34.4 Å². The van der Waals surface area contributed by atoms with Crippen LogP contribution >= 0.6 is 34.4 Å². The van der Waals surface area contributed by atoms with Crippen molar-refractivity contribution < 1.29 is 9.59 Å². The lowest BCUT2D eigenvalue weighted by atomic mass is 10.2. The Kier molecular flexibility index (Phi) is 6.97. The number of carbonyl (C=O) groups is 2. The summed E-state index contributed by atoms with van der Waals surface area (Å²) in [5, 5.41) is 19.0. The number of carbonyl (C=O) groups excluding carboxylic acids is 2. The molecule has 2 heterocycles. The number of thiophene rings is 1. The molecule has 0 atom stereocenters. The highest BCUT2D eigenvalue weighted by Crippen LogP contribution is 2.29. The third-order valence-corrected chi connectivity index (χ3v) is 6.99. The fourth-order valence-electron chi connectivity index (χ4n) is 2.82. The van der Waals surface area contributed by atoms with E-state index in [1.54, 1.807) is 47.7 Å². The zero-order chi connectivity index (χ0) is 22.3. The van der Waals surface area contributed by atoms with E-state index in [0.29, 0.717) is 26.8 Å². The van der Waals surface area contributed by atoms with Gasteiger partial charge in [0.2, 0.25) is 5.91 Å². The lowest BCUT2D eigenvalue weighted by molar-refractivity contribution is -0.113. The number of nitriles is 1. The van der Waals surface area contributed by atoms with Crippen LogP contribution in [0.15, 0.2) is 76.3 Å². The van der Waals surface area contributed by atoms with Crippen LogP contribution in [-0.4, -0.2) is 22.6 Å². The Labute approximate surface area is 197 Å². The summed E-state index contributed by atoms with van der Waals surface area (Å²) in [6.07, 6.45) is 0. The van der Waals surface area contributed by atoms with Crippen LogP contribution in [0.25, 0.3) is 10.6 Å². The summed E-state index contributed by atoms with van der Waals surface area (Å²) >= 11 is 4.24. The summed E-state index contributed by atoms with van der Waals surface area (Å²) in [5.41, 5.74) is 2.35. The van der Waals surface area contributed by atoms with Gasteiger partial charge >= 0.3 is 0 Å². The van der Waals surface area contributed by atoms with Gasteiger partial charge in [-0.2, -0.15) is 5.26 Å². The lowest BCUT2D eigenvalue weighted by Crippen LogP contribution is -2.16. The number of benzene rings is 2. The fourth-order valence-corrected chi connectivity index (χ4v) is 5.14. The first-order valence-electron chi connectivity index (χ1n) is 9.45. The molecule has 0 radical (unpaired) electrons. The van der Waals surface area contributed by atoms with Crippen molar-refractivity contribution in [3.8, 4) is 16.6 Å². The van der Waals surface area contributed by atoms with Crippen LogP contribution in [-0.2, 0) is 4.79 Å². The minimum atomic E-state index is -0.276. The average molecular weight is 477 g/mol. The minimum absolute atomic E-state index is 0.126. The van der Waals surface area contributed by atoms with Gasteiger partial charge in [-0.05, 0) is 41.8 Å². The molecule has 0 bridgehead atoms. The molecule has 4 rings (SSSR count). The molecule has 9 heteroatoms. The summed E-state index contributed by atoms with van der Waals surface area (Å²) in [6, 6.07) is 19.8. The van der Waals surface area contributed by atoms with Crippen LogP contribution in [0.1, 0.15) is 15.9 Å². The van der Waals surface area contributed by atoms with E-state index in [0.717, 1.165) is 10.6 Å². The Bertz CT molecular complexity index is 1290. The monoisotopic (exact) mass is 476 g/mol. The van der Waals surface area contributed by atoms with E-state index in [9.17, 15) is 9.59 Å². The highest BCUT2D eigenvalue weighted by molar-refractivity contribution is 8.00. The van der Waals surface area contributed by atoms with Crippen LogP contribution in [0.3, 0.4) is 0 Å². The van der Waals surface area contributed by atoms with E-state index in [2.05, 4.69) is 15.6 Å². The van der Waals surface area contributed by atoms with Crippen molar-refractivity contribution in [3.63, 3.8) is 0 Å². The molecule has 6 nitrogen and oxygen atoms in total.